The van der Waals surface area contributed by atoms with Gasteiger partial charge >= 0.3 is 0 Å². The van der Waals surface area contributed by atoms with Gasteiger partial charge in [-0.1, -0.05) is 41.7 Å². The highest BCUT2D eigenvalue weighted by atomic mass is 32.1. The lowest BCUT2D eigenvalue weighted by Gasteiger charge is -2.04. The van der Waals surface area contributed by atoms with Gasteiger partial charge < -0.3 is 9.47 Å². The van der Waals surface area contributed by atoms with Crippen molar-refractivity contribution in [3.8, 4) is 39.8 Å². The van der Waals surface area contributed by atoms with E-state index in [1.54, 1.807) is 30.0 Å². The van der Waals surface area contributed by atoms with Crippen LogP contribution in [-0.2, 0) is 0 Å². The third-order valence-corrected chi connectivity index (χ3v) is 6.96. The Morgan fingerprint density at radius 3 is 2.42 bits per heavy atom. The second kappa shape index (κ2) is 9.56. The topological polar surface area (TPSA) is 83.5 Å². The van der Waals surface area contributed by atoms with E-state index in [9.17, 15) is 9.18 Å². The number of nitrogens with zero attached hydrogens (tertiary/aromatic N) is 5. The molecule has 3 aromatic heterocycles. The van der Waals surface area contributed by atoms with Gasteiger partial charge in [-0.2, -0.15) is 14.6 Å². The Kier molecular flexibility index (Phi) is 5.93. The molecular formula is C28H20FN5O3S. The summed E-state index contributed by atoms with van der Waals surface area (Å²) < 4.78 is 28.4. The minimum atomic E-state index is -0.502. The van der Waals surface area contributed by atoms with E-state index in [2.05, 4.69) is 10.1 Å². The molecule has 0 radical (unpaired) electrons. The maximum Gasteiger partial charge on any atom is 0.291 e. The number of thiazole rings is 1. The Hall–Kier alpha value is -4.83. The summed E-state index contributed by atoms with van der Waals surface area (Å²) in [6, 6.07) is 21.6. The van der Waals surface area contributed by atoms with E-state index in [0.717, 1.165) is 5.69 Å². The van der Waals surface area contributed by atoms with E-state index < -0.39 is 5.82 Å². The fourth-order valence-corrected chi connectivity index (χ4v) is 5.06. The highest BCUT2D eigenvalue weighted by Crippen LogP contribution is 2.29. The zero-order valence-corrected chi connectivity index (χ0v) is 21.1. The minimum Gasteiger partial charge on any atom is -0.496 e. The van der Waals surface area contributed by atoms with Crippen LogP contribution < -0.4 is 19.6 Å². The first-order chi connectivity index (χ1) is 18.6. The maximum absolute atomic E-state index is 14.6. The Labute approximate surface area is 219 Å². The normalized spacial score (nSPS) is 11.8. The van der Waals surface area contributed by atoms with Crippen LogP contribution in [0.4, 0.5) is 4.39 Å². The monoisotopic (exact) mass is 525 g/mol. The number of aromatic nitrogens is 5. The largest absolute Gasteiger partial charge is 0.496 e. The smallest absolute Gasteiger partial charge is 0.291 e. The van der Waals surface area contributed by atoms with Crippen LogP contribution in [0.25, 0.3) is 39.4 Å². The van der Waals surface area contributed by atoms with Crippen LogP contribution in [0.1, 0.15) is 5.56 Å². The SMILES string of the molecule is COc1ccc(-c2nn(-c3ccccc3)cc2/C=c2\sc3nc(-c4ccccc4OC)nn3c2=O)cc1F. The number of halogens is 1. The quantitative estimate of drug-likeness (QED) is 0.321. The number of rotatable bonds is 6. The molecule has 10 heteroatoms. The van der Waals surface area contributed by atoms with Crippen LogP contribution >= 0.6 is 11.3 Å². The standard InChI is InChI=1S/C28H20FN5O3S/c1-36-22-11-7-6-10-20(22)26-30-28-34(32-26)27(35)24(38-28)15-18-16-33(19-8-4-3-5-9-19)31-25(18)17-12-13-23(37-2)21(29)14-17/h3-16H,1-2H3/b24-15-. The van der Waals surface area contributed by atoms with Crippen LogP contribution in [0, 0.1) is 5.82 Å². The molecule has 0 saturated carbocycles. The molecule has 0 unspecified atom stereocenters. The Balaban J connectivity index is 1.49. The molecule has 0 N–H and O–H groups in total. The minimum absolute atomic E-state index is 0.139. The van der Waals surface area contributed by atoms with E-state index in [1.165, 1.54) is 29.0 Å². The summed E-state index contributed by atoms with van der Waals surface area (Å²) in [6.07, 6.45) is 3.54. The van der Waals surface area contributed by atoms with Gasteiger partial charge in [-0.3, -0.25) is 4.79 Å². The van der Waals surface area contributed by atoms with Gasteiger partial charge in [0.25, 0.3) is 5.56 Å². The highest BCUT2D eigenvalue weighted by molar-refractivity contribution is 7.15. The number of ether oxygens (including phenoxy) is 2. The molecular weight excluding hydrogens is 505 g/mol. The summed E-state index contributed by atoms with van der Waals surface area (Å²) in [5.41, 5.74) is 2.93. The number of fused-ring (bicyclic) bond motifs is 1. The lowest BCUT2D eigenvalue weighted by Crippen LogP contribution is -2.23. The molecule has 3 heterocycles. The second-order valence-electron chi connectivity index (χ2n) is 8.31. The molecule has 0 aliphatic heterocycles. The molecule has 0 fully saturated rings. The molecule has 0 bridgehead atoms. The number of methoxy groups -OCH3 is 2. The van der Waals surface area contributed by atoms with Crippen LogP contribution in [0.5, 0.6) is 11.5 Å². The number of hydrogen-bond donors (Lipinski definition) is 0. The molecule has 0 amide bonds. The van der Waals surface area contributed by atoms with E-state index in [4.69, 9.17) is 14.6 Å². The summed E-state index contributed by atoms with van der Waals surface area (Å²) in [4.78, 5) is 18.3. The van der Waals surface area contributed by atoms with Gasteiger partial charge in [-0.15, -0.1) is 5.10 Å². The fraction of sp³-hybridized carbons (Fsp3) is 0.0714. The zero-order valence-electron chi connectivity index (χ0n) is 20.3. The first kappa shape index (κ1) is 23.6. The molecule has 3 aromatic carbocycles. The van der Waals surface area contributed by atoms with Crippen molar-refractivity contribution in [2.45, 2.75) is 0 Å². The summed E-state index contributed by atoms with van der Waals surface area (Å²) >= 11 is 1.22. The van der Waals surface area contributed by atoms with Crippen molar-refractivity contribution in [1.29, 1.82) is 0 Å². The van der Waals surface area contributed by atoms with Crippen molar-refractivity contribution in [3.63, 3.8) is 0 Å². The van der Waals surface area contributed by atoms with E-state index in [0.29, 0.717) is 43.5 Å². The van der Waals surface area contributed by atoms with Crippen molar-refractivity contribution >= 4 is 22.4 Å². The summed E-state index contributed by atoms with van der Waals surface area (Å²) in [7, 11) is 2.99. The van der Waals surface area contributed by atoms with Crippen molar-refractivity contribution < 1.29 is 13.9 Å². The maximum atomic E-state index is 14.6. The first-order valence-corrected chi connectivity index (χ1v) is 12.4. The van der Waals surface area contributed by atoms with Crippen LogP contribution in [0.15, 0.2) is 83.8 Å². The molecule has 0 spiro atoms. The zero-order chi connectivity index (χ0) is 26.2. The second-order valence-corrected chi connectivity index (χ2v) is 9.32. The average molecular weight is 526 g/mol. The van der Waals surface area contributed by atoms with Crippen LogP contribution in [0.2, 0.25) is 0 Å². The molecule has 0 aliphatic rings. The Morgan fingerprint density at radius 1 is 0.921 bits per heavy atom. The van der Waals surface area contributed by atoms with Gasteiger partial charge in [0.1, 0.15) is 11.4 Å². The summed E-state index contributed by atoms with van der Waals surface area (Å²) in [6.45, 7) is 0. The number of benzene rings is 3. The molecule has 6 aromatic rings. The van der Waals surface area contributed by atoms with Crippen molar-refractivity contribution in [1.82, 2.24) is 24.4 Å². The highest BCUT2D eigenvalue weighted by Gasteiger charge is 2.17. The molecule has 0 aliphatic carbocycles. The average Bonchev–Trinajstić information content (AvgIpc) is 3.64. The van der Waals surface area contributed by atoms with Gasteiger partial charge in [-0.05, 0) is 48.5 Å². The van der Waals surface area contributed by atoms with Crippen molar-refractivity contribution in [2.75, 3.05) is 14.2 Å². The Morgan fingerprint density at radius 2 is 1.68 bits per heavy atom. The number of para-hydroxylation sites is 2. The molecule has 0 saturated heterocycles. The molecule has 6 rings (SSSR count). The lowest BCUT2D eigenvalue weighted by atomic mass is 10.1. The first-order valence-electron chi connectivity index (χ1n) is 11.6. The predicted molar refractivity (Wildman–Crippen MR) is 143 cm³/mol. The van der Waals surface area contributed by atoms with Crippen molar-refractivity contribution in [3.05, 3.63) is 105 Å². The molecule has 188 valence electrons. The Bertz CT molecular complexity index is 1900. The van der Waals surface area contributed by atoms with E-state index in [1.807, 2.05) is 60.8 Å². The number of hydrogen-bond acceptors (Lipinski definition) is 7. The van der Waals surface area contributed by atoms with Gasteiger partial charge in [0.15, 0.2) is 17.4 Å². The lowest BCUT2D eigenvalue weighted by molar-refractivity contribution is 0.386. The molecule has 0 atom stereocenters. The summed E-state index contributed by atoms with van der Waals surface area (Å²) in [5, 5.41) is 9.15. The molecule has 8 nitrogen and oxygen atoms in total. The van der Waals surface area contributed by atoms with Crippen molar-refractivity contribution in [2.24, 2.45) is 0 Å². The van der Waals surface area contributed by atoms with Gasteiger partial charge in [-0.25, -0.2) is 9.07 Å². The third-order valence-electron chi connectivity index (χ3n) is 6.00. The van der Waals surface area contributed by atoms with Crippen LogP contribution in [0.3, 0.4) is 0 Å². The van der Waals surface area contributed by atoms with Gasteiger partial charge in [0.2, 0.25) is 4.96 Å². The van der Waals surface area contributed by atoms with E-state index in [-0.39, 0.29) is 11.3 Å². The predicted octanol–water partition coefficient (Wildman–Crippen LogP) is 4.37. The molecule has 38 heavy (non-hydrogen) atoms. The summed E-state index contributed by atoms with van der Waals surface area (Å²) in [5.74, 6) is 0.663. The van der Waals surface area contributed by atoms with E-state index >= 15 is 0 Å². The third kappa shape index (κ3) is 4.10. The fourth-order valence-electron chi connectivity index (χ4n) is 4.16. The van der Waals surface area contributed by atoms with Gasteiger partial charge in [0, 0.05) is 17.3 Å². The van der Waals surface area contributed by atoms with Crippen LogP contribution in [-0.4, -0.2) is 38.6 Å². The van der Waals surface area contributed by atoms with Gasteiger partial charge in [0.05, 0.1) is 30.0 Å².